The number of ether oxygens (including phenoxy) is 2. The topological polar surface area (TPSA) is 31.4 Å². The summed E-state index contributed by atoms with van der Waals surface area (Å²) < 4.78 is 11.1. The Hall–Kier alpha value is -2.26. The fourth-order valence-electron chi connectivity index (χ4n) is 2.33. The standard InChI is InChI=1S/C18H16ClNO2/c1-12-4-3-5-15-16(10-17(19)20-18(12)15)22-11-13-6-8-14(21-2)9-7-13/h3-10H,11H2,1-2H3. The monoisotopic (exact) mass is 313 g/mol. The number of hydrogen-bond donors (Lipinski definition) is 0. The van der Waals surface area contributed by atoms with E-state index in [2.05, 4.69) is 4.98 Å². The van der Waals surface area contributed by atoms with Crippen LogP contribution in [0.15, 0.2) is 48.5 Å². The van der Waals surface area contributed by atoms with E-state index in [9.17, 15) is 0 Å². The highest BCUT2D eigenvalue weighted by Crippen LogP contribution is 2.30. The van der Waals surface area contributed by atoms with E-state index >= 15 is 0 Å². The highest BCUT2D eigenvalue weighted by atomic mass is 35.5. The number of benzene rings is 2. The molecule has 4 heteroatoms. The maximum atomic E-state index is 6.11. The molecule has 0 N–H and O–H groups in total. The van der Waals surface area contributed by atoms with Gasteiger partial charge in [-0.15, -0.1) is 0 Å². The van der Waals surface area contributed by atoms with Crippen LogP contribution >= 0.6 is 11.6 Å². The van der Waals surface area contributed by atoms with Gasteiger partial charge in [-0.05, 0) is 36.2 Å². The van der Waals surface area contributed by atoms with Crippen LogP contribution in [0.3, 0.4) is 0 Å². The zero-order chi connectivity index (χ0) is 15.5. The summed E-state index contributed by atoms with van der Waals surface area (Å²) >= 11 is 6.11. The van der Waals surface area contributed by atoms with Gasteiger partial charge in [0, 0.05) is 11.5 Å². The van der Waals surface area contributed by atoms with Crippen LogP contribution in [0.25, 0.3) is 10.9 Å². The number of methoxy groups -OCH3 is 1. The summed E-state index contributed by atoms with van der Waals surface area (Å²) in [6, 6.07) is 15.6. The Morgan fingerprint density at radius 1 is 1.09 bits per heavy atom. The molecular formula is C18H16ClNO2. The number of fused-ring (bicyclic) bond motifs is 1. The lowest BCUT2D eigenvalue weighted by atomic mass is 10.1. The van der Waals surface area contributed by atoms with Crippen molar-refractivity contribution in [3.05, 3.63) is 64.8 Å². The molecule has 0 saturated heterocycles. The van der Waals surface area contributed by atoms with Gasteiger partial charge in [0.2, 0.25) is 0 Å². The van der Waals surface area contributed by atoms with Crippen molar-refractivity contribution >= 4 is 22.5 Å². The quantitative estimate of drug-likeness (QED) is 0.649. The number of aromatic nitrogens is 1. The average Bonchev–Trinajstić information content (AvgIpc) is 2.54. The number of pyridine rings is 1. The van der Waals surface area contributed by atoms with Gasteiger partial charge < -0.3 is 9.47 Å². The predicted molar refractivity (Wildman–Crippen MR) is 88.8 cm³/mol. The summed E-state index contributed by atoms with van der Waals surface area (Å²) in [5.74, 6) is 1.58. The van der Waals surface area contributed by atoms with Crippen molar-refractivity contribution in [1.82, 2.24) is 4.98 Å². The second kappa shape index (κ2) is 6.24. The SMILES string of the molecule is COc1ccc(COc2cc(Cl)nc3c(C)cccc23)cc1. The van der Waals surface area contributed by atoms with Gasteiger partial charge in [0.15, 0.2) is 0 Å². The zero-order valence-electron chi connectivity index (χ0n) is 12.5. The van der Waals surface area contributed by atoms with Gasteiger partial charge in [-0.3, -0.25) is 0 Å². The molecule has 0 aliphatic heterocycles. The molecule has 3 aromatic rings. The summed E-state index contributed by atoms with van der Waals surface area (Å²) in [7, 11) is 1.65. The van der Waals surface area contributed by atoms with Gasteiger partial charge in [0.25, 0.3) is 0 Å². The van der Waals surface area contributed by atoms with Crippen LogP contribution in [0, 0.1) is 6.92 Å². The van der Waals surface area contributed by atoms with E-state index in [0.29, 0.717) is 11.8 Å². The normalized spacial score (nSPS) is 10.7. The van der Waals surface area contributed by atoms with Gasteiger partial charge >= 0.3 is 0 Å². The Labute approximate surface area is 134 Å². The molecule has 0 saturated carbocycles. The van der Waals surface area contributed by atoms with Gasteiger partial charge in [-0.1, -0.05) is 35.9 Å². The van der Waals surface area contributed by atoms with Crippen LogP contribution in [0.5, 0.6) is 11.5 Å². The molecule has 0 aliphatic carbocycles. The van der Waals surface area contributed by atoms with Crippen LogP contribution in [0.1, 0.15) is 11.1 Å². The molecule has 0 spiro atoms. The van der Waals surface area contributed by atoms with Crippen LogP contribution in [-0.4, -0.2) is 12.1 Å². The number of halogens is 1. The third-order valence-corrected chi connectivity index (χ3v) is 3.72. The van der Waals surface area contributed by atoms with Crippen molar-refractivity contribution in [2.75, 3.05) is 7.11 Å². The molecule has 3 rings (SSSR count). The Morgan fingerprint density at radius 2 is 1.86 bits per heavy atom. The largest absolute Gasteiger partial charge is 0.497 e. The highest BCUT2D eigenvalue weighted by Gasteiger charge is 2.08. The molecule has 112 valence electrons. The highest BCUT2D eigenvalue weighted by molar-refractivity contribution is 6.30. The molecule has 0 aliphatic rings. The van der Waals surface area contributed by atoms with Crippen molar-refractivity contribution in [1.29, 1.82) is 0 Å². The molecule has 0 radical (unpaired) electrons. The van der Waals surface area contributed by atoms with Crippen molar-refractivity contribution in [2.45, 2.75) is 13.5 Å². The summed E-state index contributed by atoms with van der Waals surface area (Å²) in [5, 5.41) is 1.41. The first-order valence-corrected chi connectivity index (χ1v) is 7.37. The molecule has 2 aromatic carbocycles. The molecule has 0 fully saturated rings. The molecule has 1 aromatic heterocycles. The first kappa shape index (κ1) is 14.7. The maximum absolute atomic E-state index is 6.11. The molecule has 0 amide bonds. The van der Waals surface area contributed by atoms with Gasteiger partial charge in [-0.25, -0.2) is 4.98 Å². The minimum Gasteiger partial charge on any atom is -0.497 e. The summed E-state index contributed by atoms with van der Waals surface area (Å²) in [4.78, 5) is 4.38. The predicted octanol–water partition coefficient (Wildman–Crippen LogP) is 4.78. The second-order valence-electron chi connectivity index (χ2n) is 5.05. The van der Waals surface area contributed by atoms with E-state index in [0.717, 1.165) is 33.5 Å². The summed E-state index contributed by atoms with van der Waals surface area (Å²) in [5.41, 5.74) is 3.02. The lowest BCUT2D eigenvalue weighted by molar-refractivity contribution is 0.309. The Bertz CT molecular complexity index is 800. The van der Waals surface area contributed by atoms with Crippen molar-refractivity contribution in [3.8, 4) is 11.5 Å². The third kappa shape index (κ3) is 3.00. The smallest absolute Gasteiger partial charge is 0.133 e. The average molecular weight is 314 g/mol. The molecule has 3 nitrogen and oxygen atoms in total. The van der Waals surface area contributed by atoms with Gasteiger partial charge in [-0.2, -0.15) is 0 Å². The second-order valence-corrected chi connectivity index (χ2v) is 5.44. The van der Waals surface area contributed by atoms with Crippen LogP contribution in [-0.2, 0) is 6.61 Å². The van der Waals surface area contributed by atoms with Crippen LogP contribution in [0.2, 0.25) is 5.15 Å². The first-order chi connectivity index (χ1) is 10.7. The minimum absolute atomic E-state index is 0.437. The van der Waals surface area contributed by atoms with E-state index in [1.54, 1.807) is 13.2 Å². The van der Waals surface area contributed by atoms with E-state index < -0.39 is 0 Å². The fraction of sp³-hybridized carbons (Fsp3) is 0.167. The Kier molecular flexibility index (Phi) is 4.16. The molecule has 0 atom stereocenters. The third-order valence-electron chi connectivity index (χ3n) is 3.53. The number of hydrogen-bond acceptors (Lipinski definition) is 3. The van der Waals surface area contributed by atoms with E-state index in [1.165, 1.54) is 0 Å². The maximum Gasteiger partial charge on any atom is 0.133 e. The fourth-order valence-corrected chi connectivity index (χ4v) is 2.52. The molecule has 22 heavy (non-hydrogen) atoms. The van der Waals surface area contributed by atoms with Crippen LogP contribution in [0.4, 0.5) is 0 Å². The van der Waals surface area contributed by atoms with Crippen molar-refractivity contribution in [3.63, 3.8) is 0 Å². The number of rotatable bonds is 4. The molecule has 0 bridgehead atoms. The van der Waals surface area contributed by atoms with E-state index in [4.69, 9.17) is 21.1 Å². The minimum atomic E-state index is 0.437. The van der Waals surface area contributed by atoms with Crippen LogP contribution < -0.4 is 9.47 Å². The van der Waals surface area contributed by atoms with Gasteiger partial charge in [0.1, 0.15) is 23.3 Å². The summed E-state index contributed by atoms with van der Waals surface area (Å²) in [6.07, 6.45) is 0. The summed E-state index contributed by atoms with van der Waals surface area (Å²) in [6.45, 7) is 2.48. The molecular weight excluding hydrogens is 298 g/mol. The van der Waals surface area contributed by atoms with E-state index in [1.807, 2.05) is 49.4 Å². The molecule has 1 heterocycles. The Balaban J connectivity index is 1.88. The molecule has 0 unspecified atom stereocenters. The first-order valence-electron chi connectivity index (χ1n) is 6.99. The van der Waals surface area contributed by atoms with Gasteiger partial charge in [0.05, 0.1) is 12.6 Å². The lowest BCUT2D eigenvalue weighted by Crippen LogP contribution is -1.97. The Morgan fingerprint density at radius 3 is 2.59 bits per heavy atom. The number of aryl methyl sites for hydroxylation is 1. The lowest BCUT2D eigenvalue weighted by Gasteiger charge is -2.11. The van der Waals surface area contributed by atoms with E-state index in [-0.39, 0.29) is 0 Å². The van der Waals surface area contributed by atoms with Crippen molar-refractivity contribution < 1.29 is 9.47 Å². The number of para-hydroxylation sites is 1. The van der Waals surface area contributed by atoms with Crippen molar-refractivity contribution in [2.24, 2.45) is 0 Å². The number of nitrogens with zero attached hydrogens (tertiary/aromatic N) is 1. The zero-order valence-corrected chi connectivity index (χ0v) is 13.2.